The SMILES string of the molecule is CN=C(NCc1nc(C)c(C)o1)NCC1(CC(C)C)CCCC1.I. The molecule has 0 unspecified atom stereocenters. The van der Waals surface area contributed by atoms with E-state index in [0.717, 1.165) is 29.9 Å². The summed E-state index contributed by atoms with van der Waals surface area (Å²) in [7, 11) is 1.81. The molecule has 5 nitrogen and oxygen atoms in total. The molecule has 0 bridgehead atoms. The molecule has 1 heterocycles. The summed E-state index contributed by atoms with van der Waals surface area (Å²) in [6.45, 7) is 10.1. The molecule has 1 saturated carbocycles. The van der Waals surface area contributed by atoms with Crippen molar-refractivity contribution in [2.75, 3.05) is 13.6 Å². The van der Waals surface area contributed by atoms with E-state index in [-0.39, 0.29) is 24.0 Å². The molecule has 2 N–H and O–H groups in total. The Bertz CT molecular complexity index is 514. The van der Waals surface area contributed by atoms with Gasteiger partial charge in [0.2, 0.25) is 5.89 Å². The minimum atomic E-state index is 0. The molecule has 0 radical (unpaired) electrons. The van der Waals surface area contributed by atoms with Crippen LogP contribution in [0.2, 0.25) is 0 Å². The number of hydrogen-bond acceptors (Lipinski definition) is 3. The number of aryl methyl sites for hydroxylation is 2. The summed E-state index contributed by atoms with van der Waals surface area (Å²) in [6, 6.07) is 0. The van der Waals surface area contributed by atoms with Crippen LogP contribution in [-0.4, -0.2) is 24.5 Å². The standard InChI is InChI=1S/C18H32N4O.HI/c1-13(2)10-18(8-6-7-9-18)12-21-17(19-5)20-11-16-22-14(3)15(4)23-16;/h13H,6-12H2,1-5H3,(H2,19,20,21);1H. The van der Waals surface area contributed by atoms with E-state index in [1.54, 1.807) is 0 Å². The zero-order valence-electron chi connectivity index (χ0n) is 15.7. The maximum absolute atomic E-state index is 5.60. The molecule has 138 valence electrons. The lowest BCUT2D eigenvalue weighted by atomic mass is 9.78. The van der Waals surface area contributed by atoms with Gasteiger partial charge in [-0.05, 0) is 44.4 Å². The highest BCUT2D eigenvalue weighted by atomic mass is 127. The maximum Gasteiger partial charge on any atom is 0.214 e. The second-order valence-electron chi connectivity index (χ2n) is 7.33. The fraction of sp³-hybridized carbons (Fsp3) is 0.778. The van der Waals surface area contributed by atoms with Crippen molar-refractivity contribution in [1.82, 2.24) is 15.6 Å². The molecule has 0 aromatic carbocycles. The Morgan fingerprint density at radius 3 is 2.42 bits per heavy atom. The molecular formula is C18H33IN4O. The zero-order chi connectivity index (χ0) is 16.9. The average molecular weight is 448 g/mol. The summed E-state index contributed by atoms with van der Waals surface area (Å²) < 4.78 is 5.60. The third-order valence-corrected chi connectivity index (χ3v) is 4.84. The Labute approximate surface area is 163 Å². The molecule has 1 fully saturated rings. The van der Waals surface area contributed by atoms with E-state index in [9.17, 15) is 0 Å². The van der Waals surface area contributed by atoms with Gasteiger partial charge in [-0.15, -0.1) is 24.0 Å². The van der Waals surface area contributed by atoms with Gasteiger partial charge in [0, 0.05) is 13.6 Å². The number of nitrogens with zero attached hydrogens (tertiary/aromatic N) is 2. The van der Waals surface area contributed by atoms with Crippen LogP contribution in [0.3, 0.4) is 0 Å². The summed E-state index contributed by atoms with van der Waals surface area (Å²) in [4.78, 5) is 8.72. The van der Waals surface area contributed by atoms with Gasteiger partial charge in [-0.1, -0.05) is 26.7 Å². The number of rotatable bonds is 6. The number of guanidine groups is 1. The van der Waals surface area contributed by atoms with Crippen LogP contribution in [0.4, 0.5) is 0 Å². The highest BCUT2D eigenvalue weighted by Gasteiger charge is 2.34. The smallest absolute Gasteiger partial charge is 0.214 e. The van der Waals surface area contributed by atoms with E-state index >= 15 is 0 Å². The molecule has 0 atom stereocenters. The molecule has 0 aliphatic heterocycles. The van der Waals surface area contributed by atoms with Crippen molar-refractivity contribution in [1.29, 1.82) is 0 Å². The number of aromatic nitrogens is 1. The molecule has 1 aliphatic rings. The first-order chi connectivity index (χ1) is 10.9. The zero-order valence-corrected chi connectivity index (χ0v) is 18.1. The van der Waals surface area contributed by atoms with E-state index in [1.165, 1.54) is 32.1 Å². The van der Waals surface area contributed by atoms with Crippen LogP contribution >= 0.6 is 24.0 Å². The van der Waals surface area contributed by atoms with Crippen LogP contribution in [0, 0.1) is 25.2 Å². The van der Waals surface area contributed by atoms with E-state index in [2.05, 4.69) is 34.5 Å². The highest BCUT2D eigenvalue weighted by Crippen LogP contribution is 2.42. The van der Waals surface area contributed by atoms with E-state index < -0.39 is 0 Å². The second-order valence-corrected chi connectivity index (χ2v) is 7.33. The minimum Gasteiger partial charge on any atom is -0.444 e. The Morgan fingerprint density at radius 1 is 1.25 bits per heavy atom. The van der Waals surface area contributed by atoms with Gasteiger partial charge in [0.25, 0.3) is 0 Å². The largest absolute Gasteiger partial charge is 0.444 e. The second kappa shape index (κ2) is 9.63. The topological polar surface area (TPSA) is 62.5 Å². The molecule has 0 spiro atoms. The first-order valence-electron chi connectivity index (χ1n) is 8.81. The van der Waals surface area contributed by atoms with E-state index in [4.69, 9.17) is 4.42 Å². The molecular weight excluding hydrogens is 415 g/mol. The summed E-state index contributed by atoms with van der Waals surface area (Å²) in [6.07, 6.45) is 6.65. The van der Waals surface area contributed by atoms with Gasteiger partial charge in [-0.25, -0.2) is 4.98 Å². The molecule has 24 heavy (non-hydrogen) atoms. The van der Waals surface area contributed by atoms with Gasteiger partial charge >= 0.3 is 0 Å². The number of oxazole rings is 1. The lowest BCUT2D eigenvalue weighted by Crippen LogP contribution is -2.43. The van der Waals surface area contributed by atoms with Crippen LogP contribution in [0.15, 0.2) is 9.41 Å². The lowest BCUT2D eigenvalue weighted by molar-refractivity contribution is 0.234. The third-order valence-electron chi connectivity index (χ3n) is 4.84. The Morgan fingerprint density at radius 2 is 1.92 bits per heavy atom. The van der Waals surface area contributed by atoms with E-state index in [1.807, 2.05) is 20.9 Å². The Hall–Kier alpha value is -0.790. The lowest BCUT2D eigenvalue weighted by Gasteiger charge is -2.31. The fourth-order valence-corrected chi connectivity index (χ4v) is 3.71. The van der Waals surface area contributed by atoms with Crippen molar-refractivity contribution in [3.05, 3.63) is 17.3 Å². The van der Waals surface area contributed by atoms with Crippen molar-refractivity contribution < 1.29 is 4.42 Å². The van der Waals surface area contributed by atoms with E-state index in [0.29, 0.717) is 17.9 Å². The quantitative estimate of drug-likeness (QED) is 0.390. The normalized spacial score (nSPS) is 17.0. The van der Waals surface area contributed by atoms with Crippen LogP contribution in [0.1, 0.15) is 63.3 Å². The summed E-state index contributed by atoms with van der Waals surface area (Å²) >= 11 is 0. The fourth-order valence-electron chi connectivity index (χ4n) is 3.71. The monoisotopic (exact) mass is 448 g/mol. The molecule has 2 rings (SSSR count). The van der Waals surface area contributed by atoms with Gasteiger partial charge in [0.15, 0.2) is 5.96 Å². The van der Waals surface area contributed by atoms with Crippen LogP contribution in [0.5, 0.6) is 0 Å². The summed E-state index contributed by atoms with van der Waals surface area (Å²) in [5.41, 5.74) is 1.38. The number of aliphatic imine (C=N–C) groups is 1. The minimum absolute atomic E-state index is 0. The van der Waals surface area contributed by atoms with Gasteiger partial charge < -0.3 is 15.1 Å². The maximum atomic E-state index is 5.60. The Kier molecular flexibility index (Phi) is 8.53. The van der Waals surface area contributed by atoms with Crippen molar-refractivity contribution in [3.63, 3.8) is 0 Å². The van der Waals surface area contributed by atoms with Crippen LogP contribution < -0.4 is 10.6 Å². The molecule has 6 heteroatoms. The van der Waals surface area contributed by atoms with Gasteiger partial charge in [0.1, 0.15) is 5.76 Å². The number of nitrogens with one attached hydrogen (secondary N) is 2. The van der Waals surface area contributed by atoms with Crippen molar-refractivity contribution in [2.24, 2.45) is 16.3 Å². The molecule has 0 amide bonds. The van der Waals surface area contributed by atoms with Crippen molar-refractivity contribution >= 4 is 29.9 Å². The molecule has 1 aromatic rings. The van der Waals surface area contributed by atoms with Crippen LogP contribution in [-0.2, 0) is 6.54 Å². The summed E-state index contributed by atoms with van der Waals surface area (Å²) in [5, 5.41) is 6.82. The number of hydrogen-bond donors (Lipinski definition) is 2. The van der Waals surface area contributed by atoms with Gasteiger partial charge in [-0.3, -0.25) is 4.99 Å². The highest BCUT2D eigenvalue weighted by molar-refractivity contribution is 14.0. The predicted molar refractivity (Wildman–Crippen MR) is 110 cm³/mol. The molecule has 1 aliphatic carbocycles. The van der Waals surface area contributed by atoms with Crippen molar-refractivity contribution in [3.8, 4) is 0 Å². The van der Waals surface area contributed by atoms with Crippen LogP contribution in [0.25, 0.3) is 0 Å². The molecule has 1 aromatic heterocycles. The van der Waals surface area contributed by atoms with Crippen molar-refractivity contribution in [2.45, 2.75) is 66.3 Å². The third kappa shape index (κ3) is 5.93. The first kappa shape index (κ1) is 21.3. The number of halogens is 1. The average Bonchev–Trinajstić information content (AvgIpc) is 3.06. The predicted octanol–water partition coefficient (Wildman–Crippen LogP) is 4.18. The summed E-state index contributed by atoms with van der Waals surface area (Å²) in [5.74, 6) is 3.16. The van der Waals surface area contributed by atoms with Gasteiger partial charge in [-0.2, -0.15) is 0 Å². The molecule has 0 saturated heterocycles. The Balaban J connectivity index is 0.00000288. The van der Waals surface area contributed by atoms with Gasteiger partial charge in [0.05, 0.1) is 12.2 Å². The first-order valence-corrected chi connectivity index (χ1v) is 8.81.